The monoisotopic (exact) mass is 498 g/mol. The van der Waals surface area contributed by atoms with Crippen LogP contribution in [-0.4, -0.2) is 78.3 Å². The highest BCUT2D eigenvalue weighted by Gasteiger charge is 2.25. The van der Waals surface area contributed by atoms with E-state index in [2.05, 4.69) is 15.2 Å². The molecule has 9 nitrogen and oxygen atoms in total. The first-order chi connectivity index (χ1) is 17.2. The highest BCUT2D eigenvalue weighted by atomic mass is 16.6. The molecule has 1 fully saturated rings. The Hall–Kier alpha value is -3.33. The highest BCUT2D eigenvalue weighted by Crippen LogP contribution is 2.29. The van der Waals surface area contributed by atoms with Gasteiger partial charge in [-0.05, 0) is 76.6 Å². The summed E-state index contributed by atoms with van der Waals surface area (Å²) in [6.45, 7) is 12.7. The molecule has 9 heteroatoms. The van der Waals surface area contributed by atoms with Crippen molar-refractivity contribution in [2.75, 3.05) is 45.9 Å². The summed E-state index contributed by atoms with van der Waals surface area (Å²) in [4.78, 5) is 32.9. The van der Waals surface area contributed by atoms with Gasteiger partial charge in [0.2, 0.25) is 0 Å². The zero-order chi connectivity index (χ0) is 26.0. The second kappa shape index (κ2) is 13.1. The van der Waals surface area contributed by atoms with E-state index in [1.165, 1.54) is 0 Å². The van der Waals surface area contributed by atoms with Crippen LogP contribution in [0, 0.1) is 0 Å². The van der Waals surface area contributed by atoms with Crippen LogP contribution in [0.3, 0.4) is 0 Å². The molecule has 2 heterocycles. The van der Waals surface area contributed by atoms with Crippen LogP contribution < -0.4 is 14.8 Å². The molecule has 2 amide bonds. The number of aromatic nitrogens is 1. The maximum atomic E-state index is 12.7. The molecule has 1 aromatic heterocycles. The zero-order valence-corrected chi connectivity index (χ0v) is 21.8. The fraction of sp³-hybridized carbons (Fsp3) is 0.519. The number of hydrogen-bond donors (Lipinski definition) is 1. The third-order valence-corrected chi connectivity index (χ3v) is 5.61. The summed E-state index contributed by atoms with van der Waals surface area (Å²) in [7, 11) is 0. The number of nitrogens with one attached hydrogen (secondary N) is 1. The summed E-state index contributed by atoms with van der Waals surface area (Å²) in [5, 5.41) is 2.98. The molecule has 0 saturated carbocycles. The molecule has 1 aliphatic rings. The van der Waals surface area contributed by atoms with Gasteiger partial charge in [-0.3, -0.25) is 14.7 Å². The number of hydrogen-bond acceptors (Lipinski definition) is 7. The lowest BCUT2D eigenvalue weighted by molar-refractivity contribution is 0.0144. The van der Waals surface area contributed by atoms with Gasteiger partial charge in [0.15, 0.2) is 11.5 Å². The smallest absolute Gasteiger partial charge is 0.410 e. The molecule has 1 aliphatic heterocycles. The van der Waals surface area contributed by atoms with Crippen LogP contribution in [0.2, 0.25) is 0 Å². The molecular weight excluding hydrogens is 460 g/mol. The molecular formula is C27H38N4O5. The van der Waals surface area contributed by atoms with E-state index in [9.17, 15) is 9.59 Å². The number of benzene rings is 1. The molecule has 2 aromatic rings. The Balaban J connectivity index is 1.41. The van der Waals surface area contributed by atoms with Crippen LogP contribution in [0.1, 0.15) is 50.0 Å². The van der Waals surface area contributed by atoms with Crippen molar-refractivity contribution in [2.45, 2.75) is 46.3 Å². The van der Waals surface area contributed by atoms with E-state index in [1.54, 1.807) is 35.5 Å². The van der Waals surface area contributed by atoms with Crippen LogP contribution in [0.25, 0.3) is 0 Å². The fourth-order valence-electron chi connectivity index (χ4n) is 3.76. The van der Waals surface area contributed by atoms with E-state index in [4.69, 9.17) is 14.2 Å². The van der Waals surface area contributed by atoms with Crippen LogP contribution in [-0.2, 0) is 11.3 Å². The quantitative estimate of drug-likeness (QED) is 0.499. The van der Waals surface area contributed by atoms with E-state index in [1.807, 2.05) is 39.8 Å². The predicted molar refractivity (Wildman–Crippen MR) is 137 cm³/mol. The van der Waals surface area contributed by atoms with Gasteiger partial charge in [0, 0.05) is 50.7 Å². The third kappa shape index (κ3) is 8.71. The van der Waals surface area contributed by atoms with Gasteiger partial charge in [-0.1, -0.05) is 0 Å². The van der Waals surface area contributed by atoms with Crippen molar-refractivity contribution in [2.24, 2.45) is 0 Å². The Kier molecular flexibility index (Phi) is 9.93. The van der Waals surface area contributed by atoms with Crippen molar-refractivity contribution >= 4 is 12.0 Å². The van der Waals surface area contributed by atoms with E-state index in [-0.39, 0.29) is 12.0 Å². The molecule has 36 heavy (non-hydrogen) atoms. The lowest BCUT2D eigenvalue weighted by atomic mass is 10.2. The number of carbonyl (C=O) groups is 2. The maximum absolute atomic E-state index is 12.7. The maximum Gasteiger partial charge on any atom is 0.410 e. The summed E-state index contributed by atoms with van der Waals surface area (Å²) in [5.41, 5.74) is 1.05. The van der Waals surface area contributed by atoms with Gasteiger partial charge in [0.1, 0.15) is 12.2 Å². The van der Waals surface area contributed by atoms with Crippen molar-refractivity contribution in [1.82, 2.24) is 20.1 Å². The summed E-state index contributed by atoms with van der Waals surface area (Å²) in [6.07, 6.45) is 4.01. The van der Waals surface area contributed by atoms with E-state index < -0.39 is 5.60 Å². The predicted octanol–water partition coefficient (Wildman–Crippen LogP) is 3.73. The number of nitrogens with zero attached hydrogens (tertiary/aromatic N) is 3. The first kappa shape index (κ1) is 27.3. The summed E-state index contributed by atoms with van der Waals surface area (Å²) in [5.74, 6) is 0.990. The first-order valence-electron chi connectivity index (χ1n) is 12.5. The molecule has 3 rings (SSSR count). The molecule has 1 N–H and O–H groups in total. The topological polar surface area (TPSA) is 93.2 Å². The molecule has 1 saturated heterocycles. The Labute approximate surface area is 213 Å². The standard InChI is InChI=1S/C27H38N4O5/c1-5-34-24-19-22(7-8-23(24)35-20-21-9-12-28-13-10-21)25(32)29-11-6-14-30-15-17-31(18-16-30)26(33)36-27(2,3)4/h7-10,12-13,19H,5-6,11,14-18,20H2,1-4H3,(H,29,32). The van der Waals surface area contributed by atoms with E-state index in [0.717, 1.165) is 31.6 Å². The Morgan fingerprint density at radius 1 is 1.00 bits per heavy atom. The summed E-state index contributed by atoms with van der Waals surface area (Å²) < 4.78 is 17.1. The Morgan fingerprint density at radius 2 is 1.72 bits per heavy atom. The molecule has 1 aromatic carbocycles. The molecule has 0 bridgehead atoms. The SMILES string of the molecule is CCOc1cc(C(=O)NCCCN2CCN(C(=O)OC(C)(C)C)CC2)ccc1OCc1ccncc1. The van der Waals surface area contributed by atoms with Gasteiger partial charge in [-0.15, -0.1) is 0 Å². The molecule has 0 spiro atoms. The van der Waals surface area contributed by atoms with E-state index in [0.29, 0.717) is 49.9 Å². The summed E-state index contributed by atoms with van der Waals surface area (Å²) >= 11 is 0. The number of ether oxygens (including phenoxy) is 3. The number of piperazine rings is 1. The normalized spacial score (nSPS) is 14.3. The van der Waals surface area contributed by atoms with Gasteiger partial charge in [-0.2, -0.15) is 0 Å². The van der Waals surface area contributed by atoms with Crippen molar-refractivity contribution in [3.63, 3.8) is 0 Å². The second-order valence-corrected chi connectivity index (χ2v) is 9.66. The minimum absolute atomic E-state index is 0.147. The van der Waals surface area contributed by atoms with Gasteiger partial charge in [0.25, 0.3) is 5.91 Å². The molecule has 0 radical (unpaired) electrons. The molecule has 0 unspecified atom stereocenters. The van der Waals surface area contributed by atoms with Gasteiger partial charge in [0.05, 0.1) is 6.61 Å². The first-order valence-corrected chi connectivity index (χ1v) is 12.5. The van der Waals surface area contributed by atoms with Gasteiger partial charge in [-0.25, -0.2) is 4.79 Å². The highest BCUT2D eigenvalue weighted by molar-refractivity contribution is 5.94. The summed E-state index contributed by atoms with van der Waals surface area (Å²) in [6, 6.07) is 9.02. The fourth-order valence-corrected chi connectivity index (χ4v) is 3.76. The van der Waals surface area contributed by atoms with Crippen LogP contribution >= 0.6 is 0 Å². The second-order valence-electron chi connectivity index (χ2n) is 9.66. The minimum Gasteiger partial charge on any atom is -0.490 e. The lowest BCUT2D eigenvalue weighted by Gasteiger charge is -2.35. The average molecular weight is 499 g/mol. The zero-order valence-electron chi connectivity index (χ0n) is 21.8. The van der Waals surface area contributed by atoms with E-state index >= 15 is 0 Å². The Bertz CT molecular complexity index is 985. The third-order valence-electron chi connectivity index (χ3n) is 5.61. The molecule has 196 valence electrons. The number of carbonyl (C=O) groups excluding carboxylic acids is 2. The van der Waals surface area contributed by atoms with Crippen molar-refractivity contribution in [3.8, 4) is 11.5 Å². The molecule has 0 atom stereocenters. The van der Waals surface area contributed by atoms with Crippen LogP contribution in [0.4, 0.5) is 4.79 Å². The van der Waals surface area contributed by atoms with Gasteiger partial charge >= 0.3 is 6.09 Å². The van der Waals surface area contributed by atoms with Crippen LogP contribution in [0.5, 0.6) is 11.5 Å². The minimum atomic E-state index is -0.483. The van der Waals surface area contributed by atoms with Crippen molar-refractivity contribution < 1.29 is 23.8 Å². The number of pyridine rings is 1. The lowest BCUT2D eigenvalue weighted by Crippen LogP contribution is -2.50. The average Bonchev–Trinajstić information content (AvgIpc) is 2.86. The molecule has 0 aliphatic carbocycles. The Morgan fingerprint density at radius 3 is 2.39 bits per heavy atom. The largest absolute Gasteiger partial charge is 0.490 e. The van der Waals surface area contributed by atoms with Gasteiger partial charge < -0.3 is 24.4 Å². The van der Waals surface area contributed by atoms with Crippen molar-refractivity contribution in [1.29, 1.82) is 0 Å². The number of amides is 2. The van der Waals surface area contributed by atoms with Crippen LogP contribution in [0.15, 0.2) is 42.7 Å². The number of rotatable bonds is 10. The van der Waals surface area contributed by atoms with Crippen molar-refractivity contribution in [3.05, 3.63) is 53.9 Å².